The quantitative estimate of drug-likeness (QED) is 0.448. The molecule has 1 N–H and O–H groups in total. The molecule has 0 saturated heterocycles. The third kappa shape index (κ3) is 1.84. The van der Waals surface area contributed by atoms with Crippen LogP contribution in [0.2, 0.25) is 0 Å². The predicted molar refractivity (Wildman–Crippen MR) is 111 cm³/mol. The van der Waals surface area contributed by atoms with Crippen LogP contribution in [0.3, 0.4) is 0 Å². The number of benzene rings is 2. The number of aromatic nitrogens is 2. The van der Waals surface area contributed by atoms with Crippen LogP contribution in [0.4, 0.5) is 5.69 Å². The van der Waals surface area contributed by atoms with E-state index in [1.165, 1.54) is 44.3 Å². The van der Waals surface area contributed by atoms with E-state index in [2.05, 4.69) is 79.2 Å². The molecule has 3 nitrogen and oxygen atoms in total. The van der Waals surface area contributed by atoms with E-state index >= 15 is 0 Å². The minimum atomic E-state index is 0.0736. The Kier molecular flexibility index (Phi) is 2.78. The van der Waals surface area contributed by atoms with Gasteiger partial charge in [0.15, 0.2) is 0 Å². The van der Waals surface area contributed by atoms with Gasteiger partial charge in [-0.15, -0.1) is 0 Å². The number of fused-ring (bicyclic) bond motifs is 6. The summed E-state index contributed by atoms with van der Waals surface area (Å²) in [6, 6.07) is 18.0. The van der Waals surface area contributed by atoms with Crippen LogP contribution in [-0.2, 0) is 12.0 Å². The van der Waals surface area contributed by atoms with Crippen molar-refractivity contribution in [2.45, 2.75) is 38.8 Å². The normalized spacial score (nSPS) is 22.3. The Labute approximate surface area is 159 Å². The molecule has 0 fully saturated rings. The van der Waals surface area contributed by atoms with Gasteiger partial charge in [-0.2, -0.15) is 0 Å². The number of aryl methyl sites for hydroxylation is 1. The number of nitrogens with zero attached hydrogens (tertiary/aromatic N) is 2. The van der Waals surface area contributed by atoms with E-state index in [9.17, 15) is 0 Å². The first-order valence-electron chi connectivity index (χ1n) is 9.79. The van der Waals surface area contributed by atoms with Crippen molar-refractivity contribution in [2.75, 3.05) is 5.32 Å². The molecule has 0 aliphatic carbocycles. The van der Waals surface area contributed by atoms with E-state index in [4.69, 9.17) is 4.98 Å². The van der Waals surface area contributed by atoms with Crippen LogP contribution < -0.4 is 5.32 Å². The monoisotopic (exact) mass is 353 g/mol. The summed E-state index contributed by atoms with van der Waals surface area (Å²) in [5, 5.41) is 6.51. The van der Waals surface area contributed by atoms with Crippen molar-refractivity contribution in [3.63, 3.8) is 0 Å². The molecule has 4 aromatic rings. The van der Waals surface area contributed by atoms with Gasteiger partial charge in [0.2, 0.25) is 0 Å². The van der Waals surface area contributed by atoms with Crippen LogP contribution in [-0.4, -0.2) is 9.55 Å². The molecule has 4 heterocycles. The lowest BCUT2D eigenvalue weighted by molar-refractivity contribution is 0.229. The van der Waals surface area contributed by atoms with Gasteiger partial charge >= 0.3 is 0 Å². The molecule has 27 heavy (non-hydrogen) atoms. The summed E-state index contributed by atoms with van der Waals surface area (Å²) in [6.45, 7) is 8.01. The molecule has 0 saturated carbocycles. The average molecular weight is 353 g/mol. The molecular formula is C24H23N3. The molecule has 0 radical (unpaired) electrons. The van der Waals surface area contributed by atoms with Gasteiger partial charge in [-0.1, -0.05) is 49.7 Å². The Balaban J connectivity index is 1.67. The number of hydrogen-bond donors (Lipinski definition) is 1. The number of nitrogens with one attached hydrogen (secondary N) is 1. The molecule has 2 aliphatic rings. The third-order valence-electron chi connectivity index (χ3n) is 6.89. The minimum Gasteiger partial charge on any atom is -0.376 e. The zero-order valence-electron chi connectivity index (χ0n) is 16.0. The molecule has 134 valence electrons. The zero-order chi connectivity index (χ0) is 18.3. The number of para-hydroxylation sites is 1. The van der Waals surface area contributed by atoms with Crippen molar-refractivity contribution < 1.29 is 0 Å². The standard InChI is InChI=1S/C24H23N3/c1-14-8-9-19-17(12-14)24(2,3)18-13-27-20-7-5-4-6-15(20)16-10-11-25-22(23(16)27)21(18)26-19/h4-12,18,21,26H,13H2,1-3H3. The number of pyridine rings is 1. The lowest BCUT2D eigenvalue weighted by Crippen LogP contribution is -2.45. The van der Waals surface area contributed by atoms with Crippen molar-refractivity contribution in [3.05, 3.63) is 71.5 Å². The van der Waals surface area contributed by atoms with Gasteiger partial charge in [-0.3, -0.25) is 4.98 Å². The molecule has 2 aromatic heterocycles. The zero-order valence-corrected chi connectivity index (χ0v) is 16.0. The second-order valence-corrected chi connectivity index (χ2v) is 8.72. The van der Waals surface area contributed by atoms with Gasteiger partial charge in [0.25, 0.3) is 0 Å². The molecule has 0 amide bonds. The second kappa shape index (κ2) is 4.92. The van der Waals surface area contributed by atoms with E-state index in [-0.39, 0.29) is 11.5 Å². The smallest absolute Gasteiger partial charge is 0.0872 e. The molecule has 6 rings (SSSR count). The van der Waals surface area contributed by atoms with E-state index in [1.807, 2.05) is 6.20 Å². The van der Waals surface area contributed by atoms with Gasteiger partial charge in [-0.05, 0) is 36.1 Å². The summed E-state index contributed by atoms with van der Waals surface area (Å²) in [7, 11) is 0. The molecule has 2 atom stereocenters. The van der Waals surface area contributed by atoms with Gasteiger partial charge in [0.1, 0.15) is 0 Å². The van der Waals surface area contributed by atoms with Crippen molar-refractivity contribution in [1.29, 1.82) is 0 Å². The maximum Gasteiger partial charge on any atom is 0.0872 e. The minimum absolute atomic E-state index is 0.0736. The van der Waals surface area contributed by atoms with Crippen molar-refractivity contribution in [1.82, 2.24) is 9.55 Å². The summed E-state index contributed by atoms with van der Waals surface area (Å²) in [4.78, 5) is 4.89. The highest BCUT2D eigenvalue weighted by molar-refractivity contribution is 6.09. The molecule has 2 unspecified atom stereocenters. The van der Waals surface area contributed by atoms with Gasteiger partial charge < -0.3 is 9.88 Å². The maximum absolute atomic E-state index is 4.89. The van der Waals surface area contributed by atoms with E-state index in [0.29, 0.717) is 5.92 Å². The summed E-state index contributed by atoms with van der Waals surface area (Å²) >= 11 is 0. The van der Waals surface area contributed by atoms with Crippen LogP contribution in [0, 0.1) is 12.8 Å². The Bertz CT molecular complexity index is 1230. The van der Waals surface area contributed by atoms with Crippen molar-refractivity contribution in [3.8, 4) is 0 Å². The number of anilines is 1. The SMILES string of the molecule is Cc1ccc2c(c1)C(C)(C)C1Cn3c4ccccc4c4ccnc(c43)C1N2. The molecular weight excluding hydrogens is 330 g/mol. The first-order valence-corrected chi connectivity index (χ1v) is 9.79. The highest BCUT2D eigenvalue weighted by Gasteiger charge is 2.46. The lowest BCUT2D eigenvalue weighted by Gasteiger charge is -2.48. The first-order chi connectivity index (χ1) is 13.1. The van der Waals surface area contributed by atoms with Crippen LogP contribution in [0.15, 0.2) is 54.7 Å². The summed E-state index contributed by atoms with van der Waals surface area (Å²) in [5.41, 5.74) is 7.91. The fraction of sp³-hybridized carbons (Fsp3) is 0.292. The Morgan fingerprint density at radius 2 is 1.93 bits per heavy atom. The molecule has 0 spiro atoms. The van der Waals surface area contributed by atoms with Crippen molar-refractivity contribution in [2.24, 2.45) is 5.92 Å². The molecule has 0 bridgehead atoms. The van der Waals surface area contributed by atoms with Crippen LogP contribution in [0.5, 0.6) is 0 Å². The fourth-order valence-electron chi connectivity index (χ4n) is 5.44. The van der Waals surface area contributed by atoms with E-state index in [0.717, 1.165) is 6.54 Å². The molecule has 3 heteroatoms. The van der Waals surface area contributed by atoms with Gasteiger partial charge in [-0.25, -0.2) is 0 Å². The Hall–Kier alpha value is -2.81. The fourth-order valence-corrected chi connectivity index (χ4v) is 5.44. The first kappa shape index (κ1) is 15.3. The lowest BCUT2D eigenvalue weighted by atomic mass is 9.65. The Morgan fingerprint density at radius 1 is 1.07 bits per heavy atom. The van der Waals surface area contributed by atoms with E-state index < -0.39 is 0 Å². The van der Waals surface area contributed by atoms with Crippen molar-refractivity contribution >= 4 is 27.5 Å². The van der Waals surface area contributed by atoms with Crippen LogP contribution in [0.1, 0.15) is 36.7 Å². The predicted octanol–water partition coefficient (Wildman–Crippen LogP) is 5.57. The summed E-state index contributed by atoms with van der Waals surface area (Å²) in [5.74, 6) is 0.452. The highest BCUT2D eigenvalue weighted by atomic mass is 15.1. The largest absolute Gasteiger partial charge is 0.376 e. The van der Waals surface area contributed by atoms with Gasteiger partial charge in [0.05, 0.1) is 17.3 Å². The Morgan fingerprint density at radius 3 is 2.81 bits per heavy atom. The number of hydrogen-bond acceptors (Lipinski definition) is 2. The van der Waals surface area contributed by atoms with Crippen LogP contribution >= 0.6 is 0 Å². The van der Waals surface area contributed by atoms with E-state index in [1.54, 1.807) is 0 Å². The molecule has 2 aliphatic heterocycles. The average Bonchev–Trinajstić information content (AvgIpc) is 2.99. The van der Waals surface area contributed by atoms with Gasteiger partial charge in [0, 0.05) is 40.6 Å². The third-order valence-corrected chi connectivity index (χ3v) is 6.89. The molecule has 2 aromatic carbocycles. The second-order valence-electron chi connectivity index (χ2n) is 8.72. The summed E-state index contributed by atoms with van der Waals surface area (Å²) < 4.78 is 2.51. The summed E-state index contributed by atoms with van der Waals surface area (Å²) in [6.07, 6.45) is 1.98. The topological polar surface area (TPSA) is 29.9 Å². The van der Waals surface area contributed by atoms with Crippen LogP contribution in [0.25, 0.3) is 21.8 Å². The maximum atomic E-state index is 4.89. The highest BCUT2D eigenvalue weighted by Crippen LogP contribution is 2.52. The number of rotatable bonds is 0.